The van der Waals surface area contributed by atoms with Crippen LogP contribution < -0.4 is 5.73 Å². The van der Waals surface area contributed by atoms with Crippen LogP contribution >= 0.6 is 11.6 Å². The molecule has 0 bridgehead atoms. The van der Waals surface area contributed by atoms with Gasteiger partial charge in [-0.15, -0.1) is 0 Å². The fourth-order valence-corrected chi connectivity index (χ4v) is 3.65. The maximum atomic E-state index is 12.4. The monoisotopic (exact) mass is 382 g/mol. The van der Waals surface area contributed by atoms with Crippen LogP contribution in [0.25, 0.3) is 0 Å². The lowest BCUT2D eigenvalue weighted by Gasteiger charge is -2.33. The molecule has 0 spiro atoms. The zero-order valence-corrected chi connectivity index (χ0v) is 16.4. The maximum Gasteiger partial charge on any atom is 0.306 e. The first-order valence-electron chi connectivity index (χ1n) is 8.95. The number of ether oxygens (including phenoxy) is 1. The van der Waals surface area contributed by atoms with Crippen LogP contribution in [0.3, 0.4) is 0 Å². The standard InChI is InChI=1S/C18H27ClN4O3/c1-11(10-15(24)26-3)18(25)23-8-6-13(7-9-23)4-5-14-16(19)21-12(2)22-17(14)20/h11,13H,4-10H2,1-3H3,(H2,20,21,22). The van der Waals surface area contributed by atoms with Gasteiger partial charge in [0.2, 0.25) is 5.91 Å². The molecule has 0 saturated carbocycles. The molecule has 1 aliphatic heterocycles. The summed E-state index contributed by atoms with van der Waals surface area (Å²) in [5, 5.41) is 0.430. The summed E-state index contributed by atoms with van der Waals surface area (Å²) in [4.78, 5) is 33.9. The van der Waals surface area contributed by atoms with E-state index in [0.29, 0.717) is 35.8 Å². The molecule has 2 rings (SSSR count). The van der Waals surface area contributed by atoms with Gasteiger partial charge in [-0.3, -0.25) is 9.59 Å². The number of carbonyl (C=O) groups excluding carboxylic acids is 2. The van der Waals surface area contributed by atoms with E-state index >= 15 is 0 Å². The van der Waals surface area contributed by atoms with E-state index in [1.54, 1.807) is 13.8 Å². The minimum absolute atomic E-state index is 0.0214. The van der Waals surface area contributed by atoms with Crippen molar-refractivity contribution in [1.82, 2.24) is 14.9 Å². The first-order valence-corrected chi connectivity index (χ1v) is 9.33. The van der Waals surface area contributed by atoms with Crippen molar-refractivity contribution < 1.29 is 14.3 Å². The fourth-order valence-electron chi connectivity index (χ4n) is 3.34. The molecule has 1 unspecified atom stereocenters. The first kappa shape index (κ1) is 20.4. The fraction of sp³-hybridized carbons (Fsp3) is 0.667. The third-order valence-electron chi connectivity index (χ3n) is 4.95. The van der Waals surface area contributed by atoms with Gasteiger partial charge in [0.05, 0.1) is 13.5 Å². The third kappa shape index (κ3) is 5.30. The van der Waals surface area contributed by atoms with E-state index in [-0.39, 0.29) is 24.2 Å². The van der Waals surface area contributed by atoms with Crippen molar-refractivity contribution in [3.05, 3.63) is 16.5 Å². The van der Waals surface area contributed by atoms with Gasteiger partial charge >= 0.3 is 5.97 Å². The lowest BCUT2D eigenvalue weighted by Crippen LogP contribution is -2.41. The van der Waals surface area contributed by atoms with E-state index in [4.69, 9.17) is 17.3 Å². The van der Waals surface area contributed by atoms with Crippen LogP contribution in [-0.2, 0) is 20.7 Å². The second-order valence-corrected chi connectivity index (χ2v) is 7.27. The van der Waals surface area contributed by atoms with Crippen LogP contribution in [-0.4, -0.2) is 46.9 Å². The zero-order chi connectivity index (χ0) is 19.3. The van der Waals surface area contributed by atoms with Crippen molar-refractivity contribution in [2.75, 3.05) is 25.9 Å². The average molecular weight is 383 g/mol. The second kappa shape index (κ2) is 9.16. The Hall–Kier alpha value is -1.89. The Balaban J connectivity index is 1.82. The first-order chi connectivity index (χ1) is 12.3. The van der Waals surface area contributed by atoms with Crippen LogP contribution in [0.15, 0.2) is 0 Å². The van der Waals surface area contributed by atoms with Crippen LogP contribution in [0.5, 0.6) is 0 Å². The average Bonchev–Trinajstić information content (AvgIpc) is 2.60. The summed E-state index contributed by atoms with van der Waals surface area (Å²) in [6.45, 7) is 4.96. The van der Waals surface area contributed by atoms with Crippen molar-refractivity contribution in [3.63, 3.8) is 0 Å². The molecule has 0 radical (unpaired) electrons. The van der Waals surface area contributed by atoms with E-state index < -0.39 is 0 Å². The lowest BCUT2D eigenvalue weighted by atomic mass is 9.90. The number of hydrogen-bond donors (Lipinski definition) is 1. The number of amides is 1. The summed E-state index contributed by atoms with van der Waals surface area (Å²) in [6, 6.07) is 0. The molecular formula is C18H27ClN4O3. The molecule has 1 amide bonds. The molecular weight excluding hydrogens is 356 g/mol. The van der Waals surface area contributed by atoms with Gasteiger partial charge in [-0.05, 0) is 38.5 Å². The maximum absolute atomic E-state index is 12.4. The van der Waals surface area contributed by atoms with Crippen molar-refractivity contribution in [2.45, 2.75) is 46.0 Å². The molecule has 2 N–H and O–H groups in total. The molecule has 0 aliphatic carbocycles. The van der Waals surface area contributed by atoms with E-state index in [9.17, 15) is 9.59 Å². The Morgan fingerprint density at radius 1 is 1.35 bits per heavy atom. The highest BCUT2D eigenvalue weighted by Crippen LogP contribution is 2.27. The number of methoxy groups -OCH3 is 1. The van der Waals surface area contributed by atoms with Gasteiger partial charge in [0, 0.05) is 24.6 Å². The Morgan fingerprint density at radius 3 is 2.58 bits per heavy atom. The highest BCUT2D eigenvalue weighted by atomic mass is 35.5. The number of esters is 1. The Kier molecular flexibility index (Phi) is 7.20. The molecule has 1 aromatic rings. The van der Waals surface area contributed by atoms with E-state index in [0.717, 1.165) is 31.2 Å². The number of aryl methyl sites for hydroxylation is 1. The number of anilines is 1. The molecule has 144 valence electrons. The predicted molar refractivity (Wildman–Crippen MR) is 99.6 cm³/mol. The smallest absolute Gasteiger partial charge is 0.306 e. The van der Waals surface area contributed by atoms with Gasteiger partial charge in [0.15, 0.2) is 0 Å². The summed E-state index contributed by atoms with van der Waals surface area (Å²) in [5.74, 6) is 0.855. The van der Waals surface area contributed by atoms with Gasteiger partial charge < -0.3 is 15.4 Å². The topological polar surface area (TPSA) is 98.4 Å². The molecule has 8 heteroatoms. The third-order valence-corrected chi connectivity index (χ3v) is 5.26. The van der Waals surface area contributed by atoms with Crippen molar-refractivity contribution >= 4 is 29.3 Å². The van der Waals surface area contributed by atoms with Crippen LogP contribution in [0, 0.1) is 18.8 Å². The van der Waals surface area contributed by atoms with Crippen LogP contribution in [0.1, 0.15) is 44.0 Å². The van der Waals surface area contributed by atoms with Gasteiger partial charge in [-0.1, -0.05) is 18.5 Å². The van der Waals surface area contributed by atoms with Crippen molar-refractivity contribution in [2.24, 2.45) is 11.8 Å². The largest absolute Gasteiger partial charge is 0.469 e. The number of nitrogens with two attached hydrogens (primary N) is 1. The number of nitrogen functional groups attached to an aromatic ring is 1. The molecule has 0 aromatic carbocycles. The number of piperidine rings is 1. The summed E-state index contributed by atoms with van der Waals surface area (Å²) >= 11 is 6.18. The highest BCUT2D eigenvalue weighted by Gasteiger charge is 2.27. The summed E-state index contributed by atoms with van der Waals surface area (Å²) in [6.07, 6.45) is 3.67. The number of aromatic nitrogens is 2. The van der Waals surface area contributed by atoms with Gasteiger partial charge in [0.25, 0.3) is 0 Å². The van der Waals surface area contributed by atoms with E-state index in [1.807, 2.05) is 4.90 Å². The normalized spacial score (nSPS) is 16.4. The molecule has 1 saturated heterocycles. The number of hydrogen-bond acceptors (Lipinski definition) is 6. The number of nitrogens with zero attached hydrogens (tertiary/aromatic N) is 3. The minimum Gasteiger partial charge on any atom is -0.469 e. The van der Waals surface area contributed by atoms with Gasteiger partial charge in [0.1, 0.15) is 16.8 Å². The van der Waals surface area contributed by atoms with Crippen molar-refractivity contribution in [1.29, 1.82) is 0 Å². The zero-order valence-electron chi connectivity index (χ0n) is 15.6. The minimum atomic E-state index is -0.351. The summed E-state index contributed by atoms with van der Waals surface area (Å²) in [7, 11) is 1.34. The molecule has 7 nitrogen and oxygen atoms in total. The predicted octanol–water partition coefficient (Wildman–Crippen LogP) is 2.39. The van der Waals surface area contributed by atoms with Gasteiger partial charge in [-0.25, -0.2) is 9.97 Å². The Bertz CT molecular complexity index is 637. The van der Waals surface area contributed by atoms with Gasteiger partial charge in [-0.2, -0.15) is 0 Å². The molecule has 1 aliphatic rings. The SMILES string of the molecule is COC(=O)CC(C)C(=O)N1CCC(CCc2c(N)nc(C)nc2Cl)CC1. The van der Waals surface area contributed by atoms with Crippen LogP contribution in [0.2, 0.25) is 5.15 Å². The van der Waals surface area contributed by atoms with E-state index in [1.165, 1.54) is 7.11 Å². The number of rotatable bonds is 6. The quantitative estimate of drug-likeness (QED) is 0.599. The molecule has 26 heavy (non-hydrogen) atoms. The molecule has 1 atom stereocenters. The van der Waals surface area contributed by atoms with Crippen molar-refractivity contribution in [3.8, 4) is 0 Å². The highest BCUT2D eigenvalue weighted by molar-refractivity contribution is 6.30. The molecule has 1 aromatic heterocycles. The summed E-state index contributed by atoms with van der Waals surface area (Å²) < 4.78 is 4.64. The number of likely N-dealkylation sites (tertiary alicyclic amines) is 1. The Morgan fingerprint density at radius 2 is 2.00 bits per heavy atom. The molecule has 2 heterocycles. The lowest BCUT2D eigenvalue weighted by molar-refractivity contribution is -0.146. The van der Waals surface area contributed by atoms with Crippen LogP contribution in [0.4, 0.5) is 5.82 Å². The Labute approximate surface area is 159 Å². The molecule has 1 fully saturated rings. The second-order valence-electron chi connectivity index (χ2n) is 6.91. The number of halogens is 1. The summed E-state index contributed by atoms with van der Waals surface area (Å²) in [5.41, 5.74) is 6.77. The number of carbonyl (C=O) groups is 2. The van der Waals surface area contributed by atoms with E-state index in [2.05, 4.69) is 14.7 Å².